The van der Waals surface area contributed by atoms with Crippen molar-refractivity contribution in [2.45, 2.75) is 6.18 Å². The van der Waals surface area contributed by atoms with E-state index in [4.69, 9.17) is 0 Å². The van der Waals surface area contributed by atoms with Crippen LogP contribution in [0.5, 0.6) is 5.88 Å². The van der Waals surface area contributed by atoms with Crippen LogP contribution in [0.25, 0.3) is 16.9 Å². The number of carbonyl (C=O) groups excluding carboxylic acids is 1. The van der Waals surface area contributed by atoms with Crippen molar-refractivity contribution in [1.29, 1.82) is 0 Å². The Balaban J connectivity index is 1.81. The lowest BCUT2D eigenvalue weighted by Crippen LogP contribution is -2.17. The molecule has 146 valence electrons. The summed E-state index contributed by atoms with van der Waals surface area (Å²) in [5.41, 5.74) is -1.38. The van der Waals surface area contributed by atoms with E-state index < -0.39 is 23.5 Å². The summed E-state index contributed by atoms with van der Waals surface area (Å²) in [5, 5.41) is 16.5. The number of alkyl halides is 3. The van der Waals surface area contributed by atoms with Gasteiger partial charge in [0.1, 0.15) is 0 Å². The van der Waals surface area contributed by atoms with Crippen LogP contribution in [0.3, 0.4) is 0 Å². The maximum atomic E-state index is 13.3. The molecule has 0 radical (unpaired) electrons. The highest BCUT2D eigenvalue weighted by Gasteiger charge is 2.34. The number of rotatable bonds is 3. The Morgan fingerprint density at radius 2 is 1.76 bits per heavy atom. The number of anilines is 1. The van der Waals surface area contributed by atoms with E-state index in [1.807, 2.05) is 0 Å². The molecule has 3 aromatic heterocycles. The molecule has 4 rings (SSSR count). The van der Waals surface area contributed by atoms with Gasteiger partial charge in [-0.05, 0) is 24.3 Å². The summed E-state index contributed by atoms with van der Waals surface area (Å²) >= 11 is 0. The highest BCUT2D eigenvalue weighted by molar-refractivity contribution is 6.04. The van der Waals surface area contributed by atoms with Crippen molar-refractivity contribution < 1.29 is 23.1 Å². The lowest BCUT2D eigenvalue weighted by atomic mass is 10.0. The Bertz CT molecular complexity index is 1210. The van der Waals surface area contributed by atoms with Crippen LogP contribution >= 0.6 is 0 Å². The van der Waals surface area contributed by atoms with Crippen molar-refractivity contribution in [2.24, 2.45) is 0 Å². The molecule has 2 N–H and O–H groups in total. The molecular weight excluding hydrogens is 389 g/mol. The fraction of sp³-hybridized carbons (Fsp3) is 0.0556. The van der Waals surface area contributed by atoms with Gasteiger partial charge in [0, 0.05) is 18.0 Å². The van der Waals surface area contributed by atoms with Gasteiger partial charge in [0.05, 0.1) is 11.3 Å². The second-order valence-corrected chi connectivity index (χ2v) is 5.84. The van der Waals surface area contributed by atoms with E-state index in [0.29, 0.717) is 0 Å². The number of aromatic hydroxyl groups is 1. The third-order valence-corrected chi connectivity index (χ3v) is 3.97. The Morgan fingerprint density at radius 3 is 2.48 bits per heavy atom. The lowest BCUT2D eigenvalue weighted by Gasteiger charge is -2.12. The number of hydrogen-bond donors (Lipinski definition) is 2. The minimum absolute atomic E-state index is 0.0228. The SMILES string of the molecule is O=C(Nc1ncccn1)c1c(O)nc2ccc(-c3ccccc3C(F)(F)F)nn12. The van der Waals surface area contributed by atoms with E-state index in [2.05, 4.69) is 25.4 Å². The van der Waals surface area contributed by atoms with Gasteiger partial charge in [-0.1, -0.05) is 18.2 Å². The molecule has 0 aliphatic carbocycles. The summed E-state index contributed by atoms with van der Waals surface area (Å²) in [5.74, 6) is -1.48. The van der Waals surface area contributed by atoms with Crippen LogP contribution in [0.1, 0.15) is 16.1 Å². The molecule has 29 heavy (non-hydrogen) atoms. The summed E-state index contributed by atoms with van der Waals surface area (Å²) in [7, 11) is 0. The van der Waals surface area contributed by atoms with E-state index >= 15 is 0 Å². The second kappa shape index (κ2) is 6.86. The van der Waals surface area contributed by atoms with Gasteiger partial charge in [-0.2, -0.15) is 23.3 Å². The zero-order valence-electron chi connectivity index (χ0n) is 14.4. The van der Waals surface area contributed by atoms with Crippen molar-refractivity contribution in [2.75, 3.05) is 5.32 Å². The number of nitrogens with one attached hydrogen (secondary N) is 1. The molecule has 0 atom stereocenters. The summed E-state index contributed by atoms with van der Waals surface area (Å²) < 4.78 is 41.0. The minimum Gasteiger partial charge on any atom is -0.492 e. The van der Waals surface area contributed by atoms with Crippen LogP contribution in [0.2, 0.25) is 0 Å². The molecule has 1 aromatic carbocycles. The quantitative estimate of drug-likeness (QED) is 0.547. The van der Waals surface area contributed by atoms with Gasteiger partial charge in [0.15, 0.2) is 11.3 Å². The van der Waals surface area contributed by atoms with Crippen molar-refractivity contribution in [3.63, 3.8) is 0 Å². The van der Waals surface area contributed by atoms with Gasteiger partial charge in [0.25, 0.3) is 5.91 Å². The fourth-order valence-corrected chi connectivity index (χ4v) is 2.74. The number of nitrogens with zero attached hydrogens (tertiary/aromatic N) is 5. The molecule has 11 heteroatoms. The second-order valence-electron chi connectivity index (χ2n) is 5.84. The zero-order valence-corrected chi connectivity index (χ0v) is 14.4. The number of amides is 1. The zero-order chi connectivity index (χ0) is 20.6. The largest absolute Gasteiger partial charge is 0.492 e. The number of hydrogen-bond acceptors (Lipinski definition) is 6. The van der Waals surface area contributed by atoms with Crippen molar-refractivity contribution in [1.82, 2.24) is 24.6 Å². The third kappa shape index (κ3) is 3.45. The average molecular weight is 400 g/mol. The lowest BCUT2D eigenvalue weighted by molar-refractivity contribution is -0.137. The first kappa shape index (κ1) is 18.3. The molecular formula is C18H11F3N6O2. The van der Waals surface area contributed by atoms with Gasteiger partial charge in [-0.3, -0.25) is 10.1 Å². The third-order valence-electron chi connectivity index (χ3n) is 3.97. The van der Waals surface area contributed by atoms with E-state index in [0.717, 1.165) is 10.6 Å². The molecule has 3 heterocycles. The normalized spacial score (nSPS) is 11.6. The molecule has 0 aliphatic rings. The Kier molecular flexibility index (Phi) is 4.34. The van der Waals surface area contributed by atoms with Crippen molar-refractivity contribution in [3.05, 3.63) is 66.1 Å². The predicted molar refractivity (Wildman–Crippen MR) is 95.1 cm³/mol. The summed E-state index contributed by atoms with van der Waals surface area (Å²) in [4.78, 5) is 24.1. The van der Waals surface area contributed by atoms with E-state index in [1.165, 1.54) is 42.7 Å². The number of carbonyl (C=O) groups is 1. The molecule has 0 spiro atoms. The van der Waals surface area contributed by atoms with Gasteiger partial charge < -0.3 is 5.11 Å². The predicted octanol–water partition coefficient (Wildman–Crippen LogP) is 3.16. The summed E-state index contributed by atoms with van der Waals surface area (Å²) in [6.45, 7) is 0. The van der Waals surface area contributed by atoms with Crippen LogP contribution < -0.4 is 5.32 Å². The number of fused-ring (bicyclic) bond motifs is 1. The Labute approximate surface area is 160 Å². The Morgan fingerprint density at radius 1 is 1.03 bits per heavy atom. The van der Waals surface area contributed by atoms with Crippen LogP contribution in [-0.4, -0.2) is 35.6 Å². The topological polar surface area (TPSA) is 105 Å². The monoisotopic (exact) mass is 400 g/mol. The first-order valence-corrected chi connectivity index (χ1v) is 8.18. The molecule has 0 bridgehead atoms. The molecule has 0 unspecified atom stereocenters. The van der Waals surface area contributed by atoms with Gasteiger partial charge in [-0.25, -0.2) is 14.5 Å². The number of aromatic nitrogens is 5. The van der Waals surface area contributed by atoms with Gasteiger partial charge in [0.2, 0.25) is 11.8 Å². The first-order valence-electron chi connectivity index (χ1n) is 8.18. The highest BCUT2D eigenvalue weighted by atomic mass is 19.4. The maximum Gasteiger partial charge on any atom is 0.417 e. The van der Waals surface area contributed by atoms with Crippen LogP contribution in [0.4, 0.5) is 19.1 Å². The van der Waals surface area contributed by atoms with Gasteiger partial charge in [-0.15, -0.1) is 0 Å². The summed E-state index contributed by atoms with van der Waals surface area (Å²) in [6, 6.07) is 9.15. The molecule has 0 fully saturated rings. The number of halogens is 3. The van der Waals surface area contributed by atoms with Gasteiger partial charge >= 0.3 is 6.18 Å². The Hall–Kier alpha value is -4.02. The van der Waals surface area contributed by atoms with E-state index in [-0.39, 0.29) is 28.5 Å². The fourth-order valence-electron chi connectivity index (χ4n) is 2.74. The molecule has 1 amide bonds. The van der Waals surface area contributed by atoms with Crippen LogP contribution in [0.15, 0.2) is 54.9 Å². The maximum absolute atomic E-state index is 13.3. The van der Waals surface area contributed by atoms with Crippen LogP contribution in [-0.2, 0) is 6.18 Å². The smallest absolute Gasteiger partial charge is 0.417 e. The van der Waals surface area contributed by atoms with Crippen molar-refractivity contribution >= 4 is 17.5 Å². The standard InChI is InChI=1S/C18H11F3N6O2/c19-18(20,21)11-5-2-1-4-10(11)12-6-7-13-24-15(28)14(27(13)26-12)16(29)25-17-22-8-3-9-23-17/h1-9,28H,(H,22,23,25,29). The molecule has 4 aromatic rings. The molecule has 8 nitrogen and oxygen atoms in total. The minimum atomic E-state index is -4.59. The molecule has 0 saturated carbocycles. The van der Waals surface area contributed by atoms with Crippen LogP contribution in [0, 0.1) is 0 Å². The molecule has 0 saturated heterocycles. The average Bonchev–Trinajstić information content (AvgIpc) is 3.03. The summed E-state index contributed by atoms with van der Waals surface area (Å²) in [6.07, 6.45) is -1.78. The number of benzene rings is 1. The van der Waals surface area contributed by atoms with E-state index in [1.54, 1.807) is 6.07 Å². The highest BCUT2D eigenvalue weighted by Crippen LogP contribution is 2.36. The van der Waals surface area contributed by atoms with E-state index in [9.17, 15) is 23.1 Å². The number of imidazole rings is 1. The first-order chi connectivity index (χ1) is 13.8. The van der Waals surface area contributed by atoms with Crippen molar-refractivity contribution in [3.8, 4) is 17.1 Å². The molecule has 0 aliphatic heterocycles.